The second-order valence-electron chi connectivity index (χ2n) is 7.64. The lowest BCUT2D eigenvalue weighted by molar-refractivity contribution is -0.137. The number of carboxylic acid groups (broad SMARTS) is 2. The molecule has 3 aromatic rings. The number of sulfone groups is 1. The first-order valence-corrected chi connectivity index (χ1v) is 12.1. The summed E-state index contributed by atoms with van der Waals surface area (Å²) in [6.07, 6.45) is 0.0603. The minimum absolute atomic E-state index is 0.0915. The zero-order valence-electron chi connectivity index (χ0n) is 18.9. The van der Waals surface area contributed by atoms with E-state index in [1.165, 1.54) is 31.4 Å². The fraction of sp³-hybridized carbons (Fsp3) is 0.200. The van der Waals surface area contributed by atoms with Crippen molar-refractivity contribution in [3.05, 3.63) is 77.4 Å². The van der Waals surface area contributed by atoms with Crippen LogP contribution in [0.15, 0.2) is 70.5 Å². The Bertz CT molecular complexity index is 1320. The van der Waals surface area contributed by atoms with Gasteiger partial charge < -0.3 is 25.4 Å². The van der Waals surface area contributed by atoms with E-state index in [-0.39, 0.29) is 53.3 Å². The molecule has 0 aromatic heterocycles. The third-order valence-electron chi connectivity index (χ3n) is 5.28. The van der Waals surface area contributed by atoms with Crippen molar-refractivity contribution in [3.8, 4) is 11.5 Å². The van der Waals surface area contributed by atoms with E-state index in [0.717, 1.165) is 11.6 Å². The summed E-state index contributed by atoms with van der Waals surface area (Å²) in [5.74, 6) is -2.01. The van der Waals surface area contributed by atoms with Crippen molar-refractivity contribution in [3.63, 3.8) is 0 Å². The van der Waals surface area contributed by atoms with Crippen LogP contribution >= 0.6 is 0 Å². The average Bonchev–Trinajstić information content (AvgIpc) is 2.83. The number of nitrogens with two attached hydrogens (primary N) is 1. The first-order chi connectivity index (χ1) is 16.6. The van der Waals surface area contributed by atoms with Gasteiger partial charge in [-0.15, -0.1) is 0 Å². The first kappa shape index (κ1) is 25.6. The number of rotatable bonds is 11. The first-order valence-electron chi connectivity index (χ1n) is 10.6. The molecule has 0 saturated carbocycles. The highest BCUT2D eigenvalue weighted by molar-refractivity contribution is 7.91. The molecule has 35 heavy (non-hydrogen) atoms. The van der Waals surface area contributed by atoms with Crippen molar-refractivity contribution < 1.29 is 37.7 Å². The summed E-state index contributed by atoms with van der Waals surface area (Å²) in [7, 11) is -2.78. The highest BCUT2D eigenvalue weighted by atomic mass is 32.2. The molecule has 0 aliphatic rings. The molecule has 3 rings (SSSR count). The van der Waals surface area contributed by atoms with Gasteiger partial charge >= 0.3 is 11.9 Å². The van der Waals surface area contributed by atoms with Gasteiger partial charge in [-0.3, -0.25) is 4.79 Å². The van der Waals surface area contributed by atoms with Crippen molar-refractivity contribution in [1.29, 1.82) is 0 Å². The van der Waals surface area contributed by atoms with E-state index in [9.17, 15) is 23.1 Å². The van der Waals surface area contributed by atoms with Gasteiger partial charge in [0.15, 0.2) is 0 Å². The fourth-order valence-electron chi connectivity index (χ4n) is 3.53. The van der Waals surface area contributed by atoms with Gasteiger partial charge in [0.1, 0.15) is 11.5 Å². The van der Waals surface area contributed by atoms with Gasteiger partial charge in [0.05, 0.1) is 34.8 Å². The summed E-state index contributed by atoms with van der Waals surface area (Å²) < 4.78 is 37.7. The minimum Gasteiger partial charge on any atom is -0.497 e. The molecule has 4 N–H and O–H groups in total. The van der Waals surface area contributed by atoms with Crippen LogP contribution in [-0.4, -0.2) is 44.3 Å². The molecule has 0 heterocycles. The molecule has 184 valence electrons. The molecule has 10 heteroatoms. The summed E-state index contributed by atoms with van der Waals surface area (Å²) in [5.41, 5.74) is 6.73. The molecule has 0 saturated heterocycles. The number of methoxy groups -OCH3 is 1. The lowest BCUT2D eigenvalue weighted by Gasteiger charge is -2.19. The van der Waals surface area contributed by atoms with E-state index < -0.39 is 26.7 Å². The van der Waals surface area contributed by atoms with E-state index >= 15 is 0 Å². The van der Waals surface area contributed by atoms with Crippen molar-refractivity contribution in [1.82, 2.24) is 0 Å². The average molecular weight is 500 g/mol. The summed E-state index contributed by atoms with van der Waals surface area (Å²) >= 11 is 0. The lowest BCUT2D eigenvalue weighted by Crippen LogP contribution is -2.15. The van der Waals surface area contributed by atoms with Crippen LogP contribution in [0.2, 0.25) is 0 Å². The predicted molar refractivity (Wildman–Crippen MR) is 128 cm³/mol. The zero-order valence-corrected chi connectivity index (χ0v) is 19.7. The molecule has 0 unspecified atom stereocenters. The maximum Gasteiger partial charge on any atom is 0.336 e. The van der Waals surface area contributed by atoms with Crippen LogP contribution in [0.25, 0.3) is 0 Å². The Hall–Kier alpha value is -4.05. The predicted octanol–water partition coefficient (Wildman–Crippen LogP) is 3.64. The molecule has 0 atom stereocenters. The second kappa shape index (κ2) is 10.9. The number of aromatic carboxylic acids is 1. The third kappa shape index (κ3) is 5.90. The lowest BCUT2D eigenvalue weighted by atomic mass is 9.97. The molecule has 0 amide bonds. The van der Waals surface area contributed by atoms with Gasteiger partial charge in [-0.25, -0.2) is 13.2 Å². The number of benzene rings is 3. The number of carbonyl (C=O) groups is 2. The zero-order chi connectivity index (χ0) is 25.6. The van der Waals surface area contributed by atoms with Crippen LogP contribution in [0.1, 0.15) is 34.3 Å². The Labute approximate surface area is 202 Å². The standard InChI is InChI=1S/C25H25NO8S/c1-33-17-9-11-18(12-10-17)35(31,32)21-15-20(25(29)30)19(14-16-6-3-2-4-7-16)24(23(21)26)34-13-5-8-22(27)28/h2-4,6-7,9-12,15H,5,8,13-14,26H2,1H3,(H,27,28)(H,29,30). The van der Waals surface area contributed by atoms with Crippen molar-refractivity contribution in [2.75, 3.05) is 19.5 Å². The number of hydrogen-bond donors (Lipinski definition) is 3. The maximum atomic E-state index is 13.4. The smallest absolute Gasteiger partial charge is 0.336 e. The number of nitrogen functional groups attached to an aromatic ring is 1. The van der Waals surface area contributed by atoms with Gasteiger partial charge in [-0.2, -0.15) is 0 Å². The Kier molecular flexibility index (Phi) is 7.98. The monoisotopic (exact) mass is 499 g/mol. The number of anilines is 1. The number of hydrogen-bond acceptors (Lipinski definition) is 7. The Morgan fingerprint density at radius 2 is 1.66 bits per heavy atom. The number of ether oxygens (including phenoxy) is 2. The summed E-state index contributed by atoms with van der Waals surface area (Å²) in [4.78, 5) is 22.6. The topological polar surface area (TPSA) is 153 Å². The Morgan fingerprint density at radius 3 is 2.23 bits per heavy atom. The molecule has 0 fully saturated rings. The summed E-state index contributed by atoms with van der Waals surface area (Å²) in [6.45, 7) is -0.0939. The fourth-order valence-corrected chi connectivity index (χ4v) is 4.93. The molecule has 9 nitrogen and oxygen atoms in total. The van der Waals surface area contributed by atoms with Crippen LogP contribution in [0.4, 0.5) is 5.69 Å². The van der Waals surface area contributed by atoms with Gasteiger partial charge in [0, 0.05) is 18.4 Å². The van der Waals surface area contributed by atoms with Gasteiger partial charge in [-0.1, -0.05) is 30.3 Å². The minimum atomic E-state index is -4.22. The molecule has 0 aliphatic carbocycles. The van der Waals surface area contributed by atoms with Gasteiger partial charge in [0.25, 0.3) is 0 Å². The van der Waals surface area contributed by atoms with E-state index in [1.807, 2.05) is 6.07 Å². The van der Waals surface area contributed by atoms with Gasteiger partial charge in [-0.05, 0) is 42.3 Å². The molecule has 0 aliphatic heterocycles. The number of carboxylic acids is 2. The molecular weight excluding hydrogens is 474 g/mol. The molecular formula is C25H25NO8S. The highest BCUT2D eigenvalue weighted by Crippen LogP contribution is 2.39. The normalized spacial score (nSPS) is 11.1. The van der Waals surface area contributed by atoms with E-state index in [4.69, 9.17) is 20.3 Å². The van der Waals surface area contributed by atoms with E-state index in [2.05, 4.69) is 0 Å². The summed E-state index contributed by atoms with van der Waals surface area (Å²) in [5, 5.41) is 18.8. The second-order valence-corrected chi connectivity index (χ2v) is 9.55. The van der Waals surface area contributed by atoms with Crippen LogP contribution in [0.3, 0.4) is 0 Å². The van der Waals surface area contributed by atoms with Crippen molar-refractivity contribution in [2.45, 2.75) is 29.1 Å². The van der Waals surface area contributed by atoms with E-state index in [1.54, 1.807) is 24.3 Å². The molecule has 0 radical (unpaired) electrons. The van der Waals surface area contributed by atoms with Crippen LogP contribution < -0.4 is 15.2 Å². The molecule has 0 bridgehead atoms. The quantitative estimate of drug-likeness (QED) is 0.265. The molecule has 3 aromatic carbocycles. The summed E-state index contributed by atoms with van der Waals surface area (Å²) in [6, 6.07) is 15.6. The molecule has 0 spiro atoms. The van der Waals surface area contributed by atoms with Gasteiger partial charge in [0.2, 0.25) is 9.84 Å². The largest absolute Gasteiger partial charge is 0.497 e. The van der Waals surface area contributed by atoms with E-state index in [0.29, 0.717) is 5.75 Å². The SMILES string of the molecule is COc1ccc(S(=O)(=O)c2cc(C(=O)O)c(Cc3ccccc3)c(OCCCC(=O)O)c2N)cc1. The van der Waals surface area contributed by atoms with Crippen LogP contribution in [0.5, 0.6) is 11.5 Å². The third-order valence-corrected chi connectivity index (χ3v) is 7.09. The Morgan fingerprint density at radius 1 is 1.00 bits per heavy atom. The van der Waals surface area contributed by atoms with Crippen LogP contribution in [-0.2, 0) is 21.1 Å². The Balaban J connectivity index is 2.17. The van der Waals surface area contributed by atoms with Crippen LogP contribution in [0, 0.1) is 0 Å². The maximum absolute atomic E-state index is 13.4. The number of aliphatic carboxylic acids is 1. The highest BCUT2D eigenvalue weighted by Gasteiger charge is 2.29. The van der Waals surface area contributed by atoms with Crippen molar-refractivity contribution in [2.24, 2.45) is 0 Å². The van der Waals surface area contributed by atoms with Crippen molar-refractivity contribution >= 4 is 27.5 Å².